The molecule has 0 saturated carbocycles. The van der Waals surface area contributed by atoms with Crippen molar-refractivity contribution in [3.63, 3.8) is 0 Å². The smallest absolute Gasteiger partial charge is 0.0902 e. The molecule has 0 aromatic carbocycles. The van der Waals surface area contributed by atoms with Crippen LogP contribution in [0, 0.1) is 5.41 Å². The van der Waals surface area contributed by atoms with Crippen LogP contribution in [0.15, 0.2) is 4.99 Å². The Morgan fingerprint density at radius 2 is 2.20 bits per heavy atom. The second kappa shape index (κ2) is 2.04. The molecule has 0 amide bonds. The van der Waals surface area contributed by atoms with Gasteiger partial charge in [-0.25, -0.2) is 0 Å². The van der Waals surface area contributed by atoms with E-state index in [4.69, 9.17) is 4.74 Å². The Labute approximate surface area is 60.7 Å². The lowest BCUT2D eigenvalue weighted by Crippen LogP contribution is -2.65. The Kier molecular flexibility index (Phi) is 1.28. The minimum atomic E-state index is 0.532. The third-order valence-electron chi connectivity index (χ3n) is 2.23. The Bertz CT molecular complexity index is 146. The van der Waals surface area contributed by atoms with Gasteiger partial charge in [-0.3, -0.25) is 9.89 Å². The molecule has 56 valence electrons. The largest absolute Gasteiger partial charge is 0.380 e. The predicted octanol–water partition coefficient (Wildman–Crippen LogP) is -0.0233. The summed E-state index contributed by atoms with van der Waals surface area (Å²) >= 11 is 0. The monoisotopic (exact) mass is 140 g/mol. The molecule has 1 spiro atoms. The Morgan fingerprint density at radius 1 is 1.50 bits per heavy atom. The number of likely N-dealkylation sites (tertiary alicyclic amines) is 1. The van der Waals surface area contributed by atoms with E-state index in [0.717, 1.165) is 33.0 Å². The van der Waals surface area contributed by atoms with Crippen LogP contribution in [-0.2, 0) is 4.74 Å². The van der Waals surface area contributed by atoms with Gasteiger partial charge in [0.1, 0.15) is 0 Å². The summed E-state index contributed by atoms with van der Waals surface area (Å²) in [6, 6.07) is 0. The van der Waals surface area contributed by atoms with Crippen molar-refractivity contribution in [1.82, 2.24) is 4.90 Å². The first kappa shape index (κ1) is 6.31. The van der Waals surface area contributed by atoms with Gasteiger partial charge in [0.25, 0.3) is 0 Å². The third-order valence-corrected chi connectivity index (χ3v) is 2.23. The van der Waals surface area contributed by atoms with Crippen LogP contribution in [-0.4, -0.2) is 44.6 Å². The number of aliphatic imine (C=N–C) groups is 1. The maximum absolute atomic E-state index is 5.13. The number of hydrogen-bond acceptors (Lipinski definition) is 3. The molecule has 0 aliphatic carbocycles. The summed E-state index contributed by atoms with van der Waals surface area (Å²) < 4.78 is 5.13. The van der Waals surface area contributed by atoms with E-state index in [0.29, 0.717) is 5.41 Å². The summed E-state index contributed by atoms with van der Waals surface area (Å²) in [6.07, 6.45) is 0. The molecule has 2 aliphatic heterocycles. The van der Waals surface area contributed by atoms with Crippen LogP contribution in [0.3, 0.4) is 0 Å². The highest BCUT2D eigenvalue weighted by atomic mass is 16.5. The molecule has 0 atom stereocenters. The topological polar surface area (TPSA) is 24.8 Å². The average molecular weight is 140 g/mol. The minimum Gasteiger partial charge on any atom is -0.380 e. The molecule has 10 heavy (non-hydrogen) atoms. The first-order valence-corrected chi connectivity index (χ1v) is 3.57. The molecular weight excluding hydrogens is 128 g/mol. The fraction of sp³-hybridized carbons (Fsp3) is 0.857. The molecule has 0 bridgehead atoms. The maximum Gasteiger partial charge on any atom is 0.0902 e. The highest BCUT2D eigenvalue weighted by molar-refractivity contribution is 5.23. The summed E-state index contributed by atoms with van der Waals surface area (Å²) in [4.78, 5) is 6.10. The number of ether oxygens (including phenoxy) is 1. The molecule has 2 rings (SSSR count). The fourth-order valence-corrected chi connectivity index (χ4v) is 1.72. The fourth-order valence-electron chi connectivity index (χ4n) is 1.72. The van der Waals surface area contributed by atoms with E-state index in [9.17, 15) is 0 Å². The summed E-state index contributed by atoms with van der Waals surface area (Å²) in [5, 5.41) is 0. The van der Waals surface area contributed by atoms with Gasteiger partial charge in [-0.1, -0.05) is 0 Å². The maximum atomic E-state index is 5.13. The van der Waals surface area contributed by atoms with E-state index < -0.39 is 0 Å². The molecule has 0 unspecified atom stereocenters. The van der Waals surface area contributed by atoms with Gasteiger partial charge in [-0.05, 0) is 6.72 Å². The van der Waals surface area contributed by atoms with Crippen molar-refractivity contribution in [2.45, 2.75) is 0 Å². The SMILES string of the molecule is C=NCN1CC2(COC2)C1. The van der Waals surface area contributed by atoms with Gasteiger partial charge in [-0.15, -0.1) is 0 Å². The molecular formula is C7H12N2O. The van der Waals surface area contributed by atoms with Gasteiger partial charge in [0.05, 0.1) is 19.9 Å². The van der Waals surface area contributed by atoms with Gasteiger partial charge < -0.3 is 4.74 Å². The predicted molar refractivity (Wildman–Crippen MR) is 39.2 cm³/mol. The third kappa shape index (κ3) is 0.777. The van der Waals surface area contributed by atoms with E-state index in [1.54, 1.807) is 0 Å². The molecule has 2 saturated heterocycles. The molecule has 0 aromatic heterocycles. The number of hydrogen-bond donors (Lipinski definition) is 0. The highest BCUT2D eigenvalue weighted by Crippen LogP contribution is 2.36. The van der Waals surface area contributed by atoms with Gasteiger partial charge in [0, 0.05) is 18.5 Å². The van der Waals surface area contributed by atoms with Gasteiger partial charge >= 0.3 is 0 Å². The molecule has 3 heteroatoms. The number of rotatable bonds is 2. The standard InChI is InChI=1S/C7H12N2O/c1-8-6-9-2-7(3-9)4-10-5-7/h1-6H2. The summed E-state index contributed by atoms with van der Waals surface area (Å²) in [6.45, 7) is 8.48. The lowest BCUT2D eigenvalue weighted by molar-refractivity contribution is -0.188. The summed E-state index contributed by atoms with van der Waals surface area (Å²) in [7, 11) is 0. The molecule has 2 aliphatic rings. The zero-order valence-electron chi connectivity index (χ0n) is 6.05. The van der Waals surface area contributed by atoms with Gasteiger partial charge in [0.2, 0.25) is 0 Å². The van der Waals surface area contributed by atoms with Crippen LogP contribution < -0.4 is 0 Å². The zero-order valence-corrected chi connectivity index (χ0v) is 6.05. The van der Waals surface area contributed by atoms with Crippen molar-refractivity contribution in [1.29, 1.82) is 0 Å². The Hall–Kier alpha value is -0.410. The van der Waals surface area contributed by atoms with Crippen molar-refractivity contribution in [2.75, 3.05) is 33.0 Å². The van der Waals surface area contributed by atoms with Crippen LogP contribution in [0.4, 0.5) is 0 Å². The Balaban J connectivity index is 1.77. The molecule has 0 radical (unpaired) electrons. The lowest BCUT2D eigenvalue weighted by atomic mass is 9.78. The van der Waals surface area contributed by atoms with E-state index >= 15 is 0 Å². The molecule has 0 N–H and O–H groups in total. The first-order valence-electron chi connectivity index (χ1n) is 3.57. The minimum absolute atomic E-state index is 0.532. The molecule has 2 fully saturated rings. The molecule has 3 nitrogen and oxygen atoms in total. The highest BCUT2D eigenvalue weighted by Gasteiger charge is 2.48. The van der Waals surface area contributed by atoms with Gasteiger partial charge in [-0.2, -0.15) is 0 Å². The van der Waals surface area contributed by atoms with Crippen molar-refractivity contribution >= 4 is 6.72 Å². The Morgan fingerprint density at radius 3 is 2.60 bits per heavy atom. The quantitative estimate of drug-likeness (QED) is 0.503. The van der Waals surface area contributed by atoms with Crippen LogP contribution in [0.5, 0.6) is 0 Å². The van der Waals surface area contributed by atoms with Crippen LogP contribution >= 0.6 is 0 Å². The van der Waals surface area contributed by atoms with Crippen molar-refractivity contribution < 1.29 is 4.74 Å². The second-order valence-electron chi connectivity index (χ2n) is 3.34. The normalized spacial score (nSPS) is 29.2. The van der Waals surface area contributed by atoms with Crippen LogP contribution in [0.25, 0.3) is 0 Å². The number of nitrogens with zero attached hydrogens (tertiary/aromatic N) is 2. The zero-order chi connectivity index (χ0) is 7.03. The van der Waals surface area contributed by atoms with E-state index in [2.05, 4.69) is 16.6 Å². The molecule has 0 aromatic rings. The average Bonchev–Trinajstić information content (AvgIpc) is 1.72. The van der Waals surface area contributed by atoms with E-state index in [1.165, 1.54) is 0 Å². The van der Waals surface area contributed by atoms with Crippen molar-refractivity contribution in [3.8, 4) is 0 Å². The van der Waals surface area contributed by atoms with E-state index in [-0.39, 0.29) is 0 Å². The van der Waals surface area contributed by atoms with Crippen molar-refractivity contribution in [3.05, 3.63) is 0 Å². The van der Waals surface area contributed by atoms with Crippen molar-refractivity contribution in [2.24, 2.45) is 10.4 Å². The molecule has 2 heterocycles. The lowest BCUT2D eigenvalue weighted by Gasteiger charge is -2.54. The summed E-state index contributed by atoms with van der Waals surface area (Å²) in [5.74, 6) is 0. The summed E-state index contributed by atoms with van der Waals surface area (Å²) in [5.41, 5.74) is 0.532. The van der Waals surface area contributed by atoms with Crippen LogP contribution in [0.2, 0.25) is 0 Å². The van der Waals surface area contributed by atoms with Gasteiger partial charge in [0.15, 0.2) is 0 Å². The van der Waals surface area contributed by atoms with E-state index in [1.807, 2.05) is 0 Å². The first-order chi connectivity index (χ1) is 4.85. The second-order valence-corrected chi connectivity index (χ2v) is 3.34. The van der Waals surface area contributed by atoms with Crippen LogP contribution in [0.1, 0.15) is 0 Å².